The van der Waals surface area contributed by atoms with E-state index >= 15 is 0 Å². The summed E-state index contributed by atoms with van der Waals surface area (Å²) in [5.74, 6) is 0. The maximum atomic E-state index is 8.38. The third-order valence-corrected chi connectivity index (χ3v) is 2.40. The molecule has 2 rings (SSSR count). The Hall–Kier alpha value is -1.61. The molecule has 15 heavy (non-hydrogen) atoms. The Labute approximate surface area is 93.5 Å². The van der Waals surface area contributed by atoms with Crippen LogP contribution in [0.25, 0.3) is 0 Å². The molecule has 0 aliphatic heterocycles. The summed E-state index contributed by atoms with van der Waals surface area (Å²) < 4.78 is 0. The van der Waals surface area contributed by atoms with E-state index in [4.69, 9.17) is 5.21 Å². The summed E-state index contributed by atoms with van der Waals surface area (Å²) in [4.78, 5) is 0. The summed E-state index contributed by atoms with van der Waals surface area (Å²) >= 11 is 1.71. The molecule has 0 spiro atoms. The van der Waals surface area contributed by atoms with Crippen molar-refractivity contribution in [2.75, 3.05) is 0 Å². The molecule has 1 N–H and O–H groups in total. The predicted molar refractivity (Wildman–Crippen MR) is 64.8 cm³/mol. The van der Waals surface area contributed by atoms with Crippen molar-refractivity contribution in [3.63, 3.8) is 0 Å². The number of benzene rings is 1. The van der Waals surface area contributed by atoms with E-state index in [1.807, 2.05) is 53.2 Å². The van der Waals surface area contributed by atoms with Crippen molar-refractivity contribution in [2.45, 2.75) is 6.92 Å². The molecule has 1 aromatic heterocycles. The van der Waals surface area contributed by atoms with Gasteiger partial charge in [0.05, 0.1) is 5.71 Å². The Kier molecular flexibility index (Phi) is 5.19. The average Bonchev–Trinajstić information content (AvgIpc) is 2.88. The van der Waals surface area contributed by atoms with Crippen LogP contribution in [0.5, 0.6) is 0 Å². The lowest BCUT2D eigenvalue weighted by Gasteiger charge is -1.94. The second-order valence-corrected chi connectivity index (χ2v) is 3.66. The van der Waals surface area contributed by atoms with Gasteiger partial charge >= 0.3 is 0 Å². The molecule has 0 amide bonds. The topological polar surface area (TPSA) is 32.6 Å². The van der Waals surface area contributed by atoms with Gasteiger partial charge in [0.2, 0.25) is 0 Å². The van der Waals surface area contributed by atoms with Gasteiger partial charge in [-0.05, 0) is 23.2 Å². The molecule has 0 fully saturated rings. The van der Waals surface area contributed by atoms with E-state index in [1.54, 1.807) is 18.3 Å². The smallest absolute Gasteiger partial charge is 0.0836 e. The number of nitrogens with zero attached hydrogens (tertiary/aromatic N) is 1. The van der Waals surface area contributed by atoms with Crippen LogP contribution in [0.2, 0.25) is 0 Å². The van der Waals surface area contributed by atoms with Gasteiger partial charge in [-0.1, -0.05) is 47.6 Å². The van der Waals surface area contributed by atoms with Crippen LogP contribution in [-0.4, -0.2) is 10.9 Å². The van der Waals surface area contributed by atoms with E-state index < -0.39 is 0 Å². The first-order valence-electron chi connectivity index (χ1n) is 4.56. The standard InChI is InChI=1S/C8H9NO.C4H4S/c1-7(9-10)8-5-3-2-4-6-8;1-2-4-5-3-1/h2-6,10H,1H3;1-4H. The molecule has 0 bridgehead atoms. The van der Waals surface area contributed by atoms with Gasteiger partial charge in [0.1, 0.15) is 0 Å². The molecule has 1 aromatic carbocycles. The molecule has 78 valence electrons. The lowest BCUT2D eigenvalue weighted by Crippen LogP contribution is -1.92. The zero-order valence-electron chi connectivity index (χ0n) is 8.50. The molecule has 0 aliphatic rings. The molecule has 3 heteroatoms. The van der Waals surface area contributed by atoms with Gasteiger partial charge < -0.3 is 5.21 Å². The maximum absolute atomic E-state index is 8.38. The first-order valence-corrected chi connectivity index (χ1v) is 5.50. The zero-order valence-corrected chi connectivity index (χ0v) is 9.32. The van der Waals surface area contributed by atoms with E-state index in [-0.39, 0.29) is 0 Å². The van der Waals surface area contributed by atoms with Crippen LogP contribution in [0.4, 0.5) is 0 Å². The first kappa shape index (κ1) is 11.5. The van der Waals surface area contributed by atoms with E-state index in [0.717, 1.165) is 5.56 Å². The van der Waals surface area contributed by atoms with Gasteiger partial charge in [-0.15, -0.1) is 0 Å². The number of rotatable bonds is 1. The predicted octanol–water partition coefficient (Wildman–Crippen LogP) is 3.63. The van der Waals surface area contributed by atoms with E-state index in [0.29, 0.717) is 5.71 Å². The second kappa shape index (κ2) is 6.79. The fourth-order valence-corrected chi connectivity index (χ4v) is 1.42. The van der Waals surface area contributed by atoms with Crippen LogP contribution in [0.15, 0.2) is 58.4 Å². The van der Waals surface area contributed by atoms with Crippen LogP contribution < -0.4 is 0 Å². The van der Waals surface area contributed by atoms with Gasteiger partial charge in [-0.2, -0.15) is 11.3 Å². The average molecular weight is 219 g/mol. The molecule has 2 nitrogen and oxygen atoms in total. The van der Waals surface area contributed by atoms with Crippen molar-refractivity contribution >= 4 is 17.0 Å². The number of thiophene rings is 1. The van der Waals surface area contributed by atoms with Crippen molar-refractivity contribution in [3.8, 4) is 0 Å². The highest BCUT2D eigenvalue weighted by Crippen LogP contribution is 1.99. The number of oxime groups is 1. The normalized spacial score (nSPS) is 10.3. The van der Waals surface area contributed by atoms with Crippen molar-refractivity contribution in [2.24, 2.45) is 5.16 Å². The third kappa shape index (κ3) is 4.42. The number of hydrogen-bond acceptors (Lipinski definition) is 3. The Morgan fingerprint density at radius 1 is 1.07 bits per heavy atom. The minimum Gasteiger partial charge on any atom is -0.411 e. The van der Waals surface area contributed by atoms with E-state index in [1.165, 1.54) is 0 Å². The molecule has 0 saturated carbocycles. The molecule has 0 unspecified atom stereocenters. The lowest BCUT2D eigenvalue weighted by atomic mass is 10.1. The highest BCUT2D eigenvalue weighted by molar-refractivity contribution is 7.07. The van der Waals surface area contributed by atoms with Gasteiger partial charge in [0.25, 0.3) is 0 Å². The largest absolute Gasteiger partial charge is 0.411 e. The highest BCUT2D eigenvalue weighted by Gasteiger charge is 1.92. The Morgan fingerprint density at radius 2 is 1.67 bits per heavy atom. The molecule has 0 atom stereocenters. The minimum atomic E-state index is 0.639. The Morgan fingerprint density at radius 3 is 2.07 bits per heavy atom. The summed E-state index contributed by atoms with van der Waals surface area (Å²) in [6.07, 6.45) is 0. The molecule has 2 aromatic rings. The molecule has 0 aliphatic carbocycles. The van der Waals surface area contributed by atoms with Crippen molar-refractivity contribution < 1.29 is 5.21 Å². The van der Waals surface area contributed by atoms with Crippen LogP contribution in [0.1, 0.15) is 12.5 Å². The fourth-order valence-electron chi connectivity index (χ4n) is 0.964. The molecule has 1 heterocycles. The van der Waals surface area contributed by atoms with Gasteiger partial charge in [-0.3, -0.25) is 0 Å². The van der Waals surface area contributed by atoms with Gasteiger partial charge in [0, 0.05) is 0 Å². The molecular formula is C12H13NOS. The SMILES string of the molecule is CC(=NO)c1ccccc1.c1ccsc1. The van der Waals surface area contributed by atoms with Crippen LogP contribution in [0.3, 0.4) is 0 Å². The van der Waals surface area contributed by atoms with Gasteiger partial charge in [0.15, 0.2) is 0 Å². The van der Waals surface area contributed by atoms with Crippen LogP contribution >= 0.6 is 11.3 Å². The summed E-state index contributed by atoms with van der Waals surface area (Å²) in [6, 6.07) is 13.6. The molecule has 0 radical (unpaired) electrons. The van der Waals surface area contributed by atoms with E-state index in [9.17, 15) is 0 Å². The van der Waals surface area contributed by atoms with Crippen molar-refractivity contribution in [1.82, 2.24) is 0 Å². The maximum Gasteiger partial charge on any atom is 0.0836 e. The summed E-state index contributed by atoms with van der Waals surface area (Å²) in [6.45, 7) is 1.76. The summed E-state index contributed by atoms with van der Waals surface area (Å²) in [7, 11) is 0. The second-order valence-electron chi connectivity index (χ2n) is 2.84. The highest BCUT2D eigenvalue weighted by atomic mass is 32.1. The Bertz CT molecular complexity index is 364. The molecule has 0 saturated heterocycles. The summed E-state index contributed by atoms with van der Waals surface area (Å²) in [5, 5.41) is 15.5. The van der Waals surface area contributed by atoms with Crippen LogP contribution in [0, 0.1) is 0 Å². The van der Waals surface area contributed by atoms with E-state index in [2.05, 4.69) is 5.16 Å². The molecular weight excluding hydrogens is 206 g/mol. The van der Waals surface area contributed by atoms with Crippen LogP contribution in [-0.2, 0) is 0 Å². The summed E-state index contributed by atoms with van der Waals surface area (Å²) in [5.41, 5.74) is 1.59. The van der Waals surface area contributed by atoms with Gasteiger partial charge in [-0.25, -0.2) is 0 Å². The van der Waals surface area contributed by atoms with Crippen molar-refractivity contribution in [1.29, 1.82) is 0 Å². The minimum absolute atomic E-state index is 0.639. The zero-order chi connectivity index (χ0) is 10.9. The quantitative estimate of drug-likeness (QED) is 0.443. The third-order valence-electron chi connectivity index (χ3n) is 1.77. The lowest BCUT2D eigenvalue weighted by molar-refractivity contribution is 0.319. The number of hydrogen-bond donors (Lipinski definition) is 1. The van der Waals surface area contributed by atoms with Crippen molar-refractivity contribution in [3.05, 3.63) is 58.8 Å². The first-order chi connectivity index (χ1) is 7.34. The monoisotopic (exact) mass is 219 g/mol. The fraction of sp³-hybridized carbons (Fsp3) is 0.0833. The Balaban J connectivity index is 0.000000187.